The summed E-state index contributed by atoms with van der Waals surface area (Å²) in [5.41, 5.74) is 3.24. The van der Waals surface area contributed by atoms with Gasteiger partial charge in [0.2, 0.25) is 10.0 Å². The van der Waals surface area contributed by atoms with E-state index in [1.165, 1.54) is 17.7 Å². The minimum absolute atomic E-state index is 0.183. The van der Waals surface area contributed by atoms with Crippen LogP contribution < -0.4 is 4.74 Å². The number of sulfonamides is 1. The third kappa shape index (κ3) is 5.13. The lowest BCUT2D eigenvalue weighted by atomic mass is 10.1. The zero-order chi connectivity index (χ0) is 26.7. The van der Waals surface area contributed by atoms with E-state index in [9.17, 15) is 13.7 Å². The number of fused-ring (bicyclic) bond motifs is 1. The molecule has 1 atom stereocenters. The molecule has 1 saturated heterocycles. The molecular formula is C26H30N8O3S. The minimum Gasteiger partial charge on any atom is -0.495 e. The molecule has 0 amide bonds. The minimum atomic E-state index is -3.71. The van der Waals surface area contributed by atoms with E-state index >= 15 is 0 Å². The number of aromatic nitrogens is 5. The van der Waals surface area contributed by atoms with Crippen LogP contribution in [-0.2, 0) is 10.0 Å². The molecule has 11 nitrogen and oxygen atoms in total. The molecule has 0 radical (unpaired) electrons. The molecule has 0 aliphatic carbocycles. The molecule has 5 rings (SSSR count). The summed E-state index contributed by atoms with van der Waals surface area (Å²) < 4.78 is 35.7. The Morgan fingerprint density at radius 2 is 2.05 bits per heavy atom. The van der Waals surface area contributed by atoms with Crippen molar-refractivity contribution in [3.8, 4) is 23.1 Å². The Balaban J connectivity index is 1.31. The van der Waals surface area contributed by atoms with Crippen LogP contribution in [0.15, 0.2) is 54.1 Å². The summed E-state index contributed by atoms with van der Waals surface area (Å²) in [5.74, 6) is 0.348. The zero-order valence-corrected chi connectivity index (χ0v) is 22.2. The molecule has 198 valence electrons. The van der Waals surface area contributed by atoms with Crippen molar-refractivity contribution >= 4 is 21.1 Å². The molecule has 4 heterocycles. The van der Waals surface area contributed by atoms with Crippen LogP contribution in [0, 0.1) is 18.3 Å². The maximum Gasteiger partial charge on any atom is 0.246 e. The molecule has 4 aromatic rings. The van der Waals surface area contributed by atoms with Gasteiger partial charge in [-0.1, -0.05) is 6.07 Å². The highest BCUT2D eigenvalue weighted by molar-refractivity contribution is 7.89. The average molecular weight is 535 g/mol. The van der Waals surface area contributed by atoms with E-state index in [1.54, 1.807) is 18.3 Å². The summed E-state index contributed by atoms with van der Waals surface area (Å²) >= 11 is 0. The van der Waals surface area contributed by atoms with Gasteiger partial charge in [-0.2, -0.15) is 14.7 Å². The molecule has 3 aromatic heterocycles. The maximum absolute atomic E-state index is 13.5. The van der Waals surface area contributed by atoms with Gasteiger partial charge in [-0.25, -0.2) is 18.4 Å². The number of ether oxygens (including phenoxy) is 1. The van der Waals surface area contributed by atoms with Crippen LogP contribution in [0.5, 0.6) is 5.75 Å². The van der Waals surface area contributed by atoms with Gasteiger partial charge in [0, 0.05) is 49.5 Å². The largest absolute Gasteiger partial charge is 0.495 e. The Morgan fingerprint density at radius 3 is 2.87 bits per heavy atom. The topological polar surface area (TPSA) is 133 Å². The predicted molar refractivity (Wildman–Crippen MR) is 142 cm³/mol. The van der Waals surface area contributed by atoms with E-state index in [0.29, 0.717) is 38.3 Å². The third-order valence-corrected chi connectivity index (χ3v) is 8.80. The van der Waals surface area contributed by atoms with Crippen LogP contribution in [0.25, 0.3) is 22.3 Å². The second kappa shape index (κ2) is 10.9. The number of nitriles is 1. The van der Waals surface area contributed by atoms with Crippen LogP contribution in [-0.4, -0.2) is 82.2 Å². The third-order valence-electron chi connectivity index (χ3n) is 6.88. The Labute approximate surface area is 221 Å². The molecule has 1 aromatic carbocycles. The van der Waals surface area contributed by atoms with Gasteiger partial charge in [-0.05, 0) is 43.7 Å². The molecule has 12 heteroatoms. The van der Waals surface area contributed by atoms with Crippen molar-refractivity contribution in [3.05, 3.63) is 54.7 Å². The van der Waals surface area contributed by atoms with Gasteiger partial charge in [0.15, 0.2) is 0 Å². The SMILES string of the molecule is COc1ccc(C)cc1S(=O)(=O)N1CCCN(CC(CC#N)n2cc(-c3ncnc4[nH]ccc34)cn2)CC1. The van der Waals surface area contributed by atoms with Gasteiger partial charge in [-0.15, -0.1) is 0 Å². The normalized spacial score (nSPS) is 16.2. The predicted octanol–water partition coefficient (Wildman–Crippen LogP) is 2.99. The number of nitrogens with zero attached hydrogens (tertiary/aromatic N) is 7. The fourth-order valence-corrected chi connectivity index (χ4v) is 6.61. The molecular weight excluding hydrogens is 504 g/mol. The quantitative estimate of drug-likeness (QED) is 0.365. The molecule has 0 bridgehead atoms. The number of hydrogen-bond donors (Lipinski definition) is 1. The zero-order valence-electron chi connectivity index (χ0n) is 21.4. The lowest BCUT2D eigenvalue weighted by molar-refractivity contribution is 0.234. The summed E-state index contributed by atoms with van der Waals surface area (Å²) in [7, 11) is -2.23. The van der Waals surface area contributed by atoms with E-state index in [4.69, 9.17) is 4.74 Å². The molecule has 0 saturated carbocycles. The van der Waals surface area contributed by atoms with Crippen LogP contribution in [0.2, 0.25) is 0 Å². The molecule has 0 spiro atoms. The van der Waals surface area contributed by atoms with Gasteiger partial charge in [0.25, 0.3) is 0 Å². The molecule has 1 fully saturated rings. The Hall–Kier alpha value is -3.79. The smallest absolute Gasteiger partial charge is 0.246 e. The lowest BCUT2D eigenvalue weighted by Gasteiger charge is -2.25. The molecule has 1 unspecified atom stereocenters. The van der Waals surface area contributed by atoms with Gasteiger partial charge in [0.05, 0.1) is 37.5 Å². The van der Waals surface area contributed by atoms with Gasteiger partial charge in [-0.3, -0.25) is 9.58 Å². The Morgan fingerprint density at radius 1 is 1.18 bits per heavy atom. The number of nitrogens with one attached hydrogen (secondary N) is 1. The summed E-state index contributed by atoms with van der Waals surface area (Å²) in [5, 5.41) is 15.0. The number of H-pyrrole nitrogens is 1. The average Bonchev–Trinajstić information content (AvgIpc) is 3.54. The number of aromatic amines is 1. The number of methoxy groups -OCH3 is 1. The first kappa shape index (κ1) is 25.8. The van der Waals surface area contributed by atoms with Crippen molar-refractivity contribution in [2.75, 3.05) is 39.8 Å². The molecule has 1 aliphatic rings. The van der Waals surface area contributed by atoms with Crippen LogP contribution in [0.3, 0.4) is 0 Å². The molecule has 1 aliphatic heterocycles. The second-order valence-corrected chi connectivity index (χ2v) is 11.3. The number of aryl methyl sites for hydroxylation is 1. The van der Waals surface area contributed by atoms with E-state index < -0.39 is 10.0 Å². The van der Waals surface area contributed by atoms with E-state index in [2.05, 4.69) is 31.0 Å². The standard InChI is InChI=1S/C26H30N8O3S/c1-19-4-5-23(37-2)24(14-19)38(35,36)33-11-3-10-32(12-13-33)17-21(6-8-27)34-16-20(15-31-34)25-22-7-9-28-26(22)30-18-29-25/h4-5,7,9,14-16,18,21H,3,6,10-13,17H2,1-2H3,(H,28,29,30). The summed E-state index contributed by atoms with van der Waals surface area (Å²) in [6.45, 7) is 4.51. The highest BCUT2D eigenvalue weighted by Gasteiger charge is 2.30. The highest BCUT2D eigenvalue weighted by atomic mass is 32.2. The lowest BCUT2D eigenvalue weighted by Crippen LogP contribution is -2.37. The summed E-state index contributed by atoms with van der Waals surface area (Å²) in [6, 6.07) is 9.22. The van der Waals surface area contributed by atoms with Crippen molar-refractivity contribution in [2.24, 2.45) is 0 Å². The van der Waals surface area contributed by atoms with Gasteiger partial charge >= 0.3 is 0 Å². The van der Waals surface area contributed by atoms with Crippen LogP contribution >= 0.6 is 0 Å². The van der Waals surface area contributed by atoms with E-state index in [-0.39, 0.29) is 17.4 Å². The van der Waals surface area contributed by atoms with E-state index in [0.717, 1.165) is 34.4 Å². The van der Waals surface area contributed by atoms with Crippen LogP contribution in [0.1, 0.15) is 24.4 Å². The first-order valence-corrected chi connectivity index (χ1v) is 13.9. The number of hydrogen-bond acceptors (Lipinski definition) is 8. The summed E-state index contributed by atoms with van der Waals surface area (Å²) in [6.07, 6.45) is 7.97. The monoisotopic (exact) mass is 534 g/mol. The highest BCUT2D eigenvalue weighted by Crippen LogP contribution is 2.29. The first-order valence-electron chi connectivity index (χ1n) is 12.5. The second-order valence-electron chi connectivity index (χ2n) is 9.40. The van der Waals surface area contributed by atoms with Gasteiger partial charge in [0.1, 0.15) is 22.6 Å². The molecule has 1 N–H and O–H groups in total. The van der Waals surface area contributed by atoms with Crippen molar-refractivity contribution in [1.29, 1.82) is 5.26 Å². The summed E-state index contributed by atoms with van der Waals surface area (Å²) in [4.78, 5) is 14.2. The van der Waals surface area contributed by atoms with Crippen molar-refractivity contribution in [3.63, 3.8) is 0 Å². The van der Waals surface area contributed by atoms with Crippen molar-refractivity contribution in [1.82, 2.24) is 33.9 Å². The Bertz CT molecular complexity index is 1570. The maximum atomic E-state index is 13.5. The van der Waals surface area contributed by atoms with Crippen molar-refractivity contribution < 1.29 is 13.2 Å². The molecule has 38 heavy (non-hydrogen) atoms. The van der Waals surface area contributed by atoms with E-state index in [1.807, 2.05) is 36.1 Å². The van der Waals surface area contributed by atoms with Gasteiger partial charge < -0.3 is 9.72 Å². The fraction of sp³-hybridized carbons (Fsp3) is 0.385. The number of rotatable bonds is 8. The fourth-order valence-electron chi connectivity index (χ4n) is 4.90. The first-order chi connectivity index (χ1) is 18.4. The van der Waals surface area contributed by atoms with Crippen LogP contribution in [0.4, 0.5) is 0 Å². The Kier molecular flexibility index (Phi) is 7.42. The number of benzene rings is 1. The van der Waals surface area contributed by atoms with Crippen molar-refractivity contribution in [2.45, 2.75) is 30.7 Å².